The Kier molecular flexibility index (Phi) is 5.24. The number of nitro groups is 1. The van der Waals surface area contributed by atoms with Gasteiger partial charge in [-0.3, -0.25) is 14.9 Å². The maximum atomic E-state index is 12.5. The predicted molar refractivity (Wildman–Crippen MR) is 114 cm³/mol. The number of methoxy groups -OCH3 is 1. The van der Waals surface area contributed by atoms with Gasteiger partial charge in [0, 0.05) is 22.8 Å². The van der Waals surface area contributed by atoms with E-state index < -0.39 is 10.9 Å². The van der Waals surface area contributed by atoms with Crippen LogP contribution >= 0.6 is 0 Å². The average molecular weight is 420 g/mol. The first kappa shape index (κ1) is 20.3. The molecule has 0 N–H and O–H groups in total. The van der Waals surface area contributed by atoms with Crippen molar-refractivity contribution in [3.63, 3.8) is 0 Å². The van der Waals surface area contributed by atoms with E-state index in [1.54, 1.807) is 4.52 Å². The van der Waals surface area contributed by atoms with Gasteiger partial charge >= 0.3 is 5.97 Å². The lowest BCUT2D eigenvalue weighted by Gasteiger charge is -2.12. The van der Waals surface area contributed by atoms with Crippen LogP contribution < -0.4 is 9.47 Å². The van der Waals surface area contributed by atoms with E-state index >= 15 is 0 Å². The Morgan fingerprint density at radius 1 is 1.16 bits per heavy atom. The molecule has 2 heterocycles. The molecule has 2 aromatic carbocycles. The van der Waals surface area contributed by atoms with Crippen molar-refractivity contribution in [2.24, 2.45) is 0 Å². The fourth-order valence-electron chi connectivity index (χ4n) is 3.60. The second-order valence-electron chi connectivity index (χ2n) is 7.08. The Balaban J connectivity index is 1.57. The van der Waals surface area contributed by atoms with E-state index in [0.717, 1.165) is 33.5 Å². The number of aromatic nitrogens is 3. The zero-order chi connectivity index (χ0) is 22.1. The molecule has 0 saturated heterocycles. The van der Waals surface area contributed by atoms with Crippen molar-refractivity contribution in [1.29, 1.82) is 0 Å². The second kappa shape index (κ2) is 8.02. The van der Waals surface area contributed by atoms with Gasteiger partial charge in [0.15, 0.2) is 17.1 Å². The molecule has 4 aromatic rings. The minimum absolute atomic E-state index is 0.0158. The van der Waals surface area contributed by atoms with Crippen LogP contribution in [0.2, 0.25) is 0 Å². The predicted octanol–water partition coefficient (Wildman–Crippen LogP) is 3.95. The molecular formula is C22H20N4O5. The number of esters is 1. The number of carbonyl (C=O) groups is 1. The number of hydrogen-bond donors (Lipinski definition) is 0. The maximum absolute atomic E-state index is 12.5. The number of fused-ring (bicyclic) bond motifs is 3. The van der Waals surface area contributed by atoms with E-state index in [-0.39, 0.29) is 23.6 Å². The Labute approximate surface area is 177 Å². The highest BCUT2D eigenvalue weighted by Gasteiger charge is 2.18. The third-order valence-corrected chi connectivity index (χ3v) is 5.18. The molecule has 2 aromatic heterocycles. The first-order valence-electron chi connectivity index (χ1n) is 9.65. The molecule has 158 valence electrons. The Morgan fingerprint density at radius 2 is 1.94 bits per heavy atom. The molecule has 31 heavy (non-hydrogen) atoms. The number of carbonyl (C=O) groups excluding carboxylic acids is 1. The number of nitrogens with zero attached hydrogens (tertiary/aromatic N) is 4. The van der Waals surface area contributed by atoms with Crippen molar-refractivity contribution in [2.45, 2.75) is 26.7 Å². The fourth-order valence-corrected chi connectivity index (χ4v) is 3.60. The van der Waals surface area contributed by atoms with Crippen LogP contribution in [0.1, 0.15) is 23.4 Å². The van der Waals surface area contributed by atoms with Crippen molar-refractivity contribution in [1.82, 2.24) is 14.6 Å². The Hall–Kier alpha value is -4.01. The monoisotopic (exact) mass is 420 g/mol. The number of ether oxygens (including phenoxy) is 2. The van der Waals surface area contributed by atoms with Crippen molar-refractivity contribution in [3.05, 3.63) is 69.5 Å². The summed E-state index contributed by atoms with van der Waals surface area (Å²) >= 11 is 0. The molecule has 0 radical (unpaired) electrons. The summed E-state index contributed by atoms with van der Waals surface area (Å²) in [5, 5.41) is 16.6. The van der Waals surface area contributed by atoms with Gasteiger partial charge in [0.1, 0.15) is 0 Å². The fraction of sp³-hybridized carbons (Fsp3) is 0.227. The van der Waals surface area contributed by atoms with E-state index in [2.05, 4.69) is 5.10 Å². The zero-order valence-electron chi connectivity index (χ0n) is 17.3. The van der Waals surface area contributed by atoms with E-state index in [1.807, 2.05) is 38.1 Å². The minimum Gasteiger partial charge on any atom is -0.493 e. The first-order chi connectivity index (χ1) is 14.9. The molecule has 0 spiro atoms. The second-order valence-corrected chi connectivity index (χ2v) is 7.08. The van der Waals surface area contributed by atoms with Crippen LogP contribution in [0.3, 0.4) is 0 Å². The smallest absolute Gasteiger partial charge is 0.311 e. The van der Waals surface area contributed by atoms with Crippen molar-refractivity contribution >= 4 is 28.2 Å². The molecule has 0 unspecified atom stereocenters. The third-order valence-electron chi connectivity index (χ3n) is 5.18. The standard InChI is InChI=1S/C22H20N4O5/c1-13-16(14(2)25-22(23-13)17-6-4-5-7-18(17)24-25)9-11-21(27)31-20-12-15(26(28)29)8-10-19(20)30-3/h4-8,10,12H,9,11H2,1-3H3. The summed E-state index contributed by atoms with van der Waals surface area (Å²) < 4.78 is 12.3. The third kappa shape index (κ3) is 3.77. The molecule has 0 bridgehead atoms. The van der Waals surface area contributed by atoms with Gasteiger partial charge in [0.2, 0.25) is 0 Å². The van der Waals surface area contributed by atoms with Gasteiger partial charge in [-0.2, -0.15) is 5.10 Å². The molecular weight excluding hydrogens is 400 g/mol. The van der Waals surface area contributed by atoms with Crippen LogP contribution in [0.25, 0.3) is 16.6 Å². The summed E-state index contributed by atoms with van der Waals surface area (Å²) in [5.41, 5.74) is 4.07. The van der Waals surface area contributed by atoms with Gasteiger partial charge in [-0.25, -0.2) is 9.50 Å². The Morgan fingerprint density at radius 3 is 2.68 bits per heavy atom. The quantitative estimate of drug-likeness (QED) is 0.201. The maximum Gasteiger partial charge on any atom is 0.311 e. The zero-order valence-corrected chi connectivity index (χ0v) is 17.3. The number of benzene rings is 2. The molecule has 0 amide bonds. The summed E-state index contributed by atoms with van der Waals surface area (Å²) in [6.07, 6.45) is 0.467. The lowest BCUT2D eigenvalue weighted by Crippen LogP contribution is -2.12. The minimum atomic E-state index is -0.557. The number of rotatable bonds is 6. The largest absolute Gasteiger partial charge is 0.493 e. The SMILES string of the molecule is COc1ccc([N+](=O)[O-])cc1OC(=O)CCc1c(C)nc2c3ccccc3nn2c1C. The van der Waals surface area contributed by atoms with Crippen molar-refractivity contribution < 1.29 is 19.2 Å². The van der Waals surface area contributed by atoms with Crippen LogP contribution in [0.15, 0.2) is 42.5 Å². The summed E-state index contributed by atoms with van der Waals surface area (Å²) in [7, 11) is 1.40. The molecule has 0 fully saturated rings. The number of hydrogen-bond acceptors (Lipinski definition) is 7. The highest BCUT2D eigenvalue weighted by Crippen LogP contribution is 2.31. The lowest BCUT2D eigenvalue weighted by molar-refractivity contribution is -0.384. The molecule has 0 saturated carbocycles. The van der Waals surface area contributed by atoms with Crippen LogP contribution in [-0.2, 0) is 11.2 Å². The van der Waals surface area contributed by atoms with E-state index in [9.17, 15) is 14.9 Å². The van der Waals surface area contributed by atoms with Gasteiger partial charge in [-0.15, -0.1) is 0 Å². The van der Waals surface area contributed by atoms with Gasteiger partial charge in [-0.1, -0.05) is 12.1 Å². The van der Waals surface area contributed by atoms with Gasteiger partial charge in [0.05, 0.1) is 30.0 Å². The summed E-state index contributed by atoms with van der Waals surface area (Å²) in [4.78, 5) is 27.6. The van der Waals surface area contributed by atoms with Crippen LogP contribution in [-0.4, -0.2) is 32.6 Å². The summed E-state index contributed by atoms with van der Waals surface area (Å²) in [6.45, 7) is 3.84. The molecule has 0 aliphatic heterocycles. The van der Waals surface area contributed by atoms with Crippen LogP contribution in [0.5, 0.6) is 11.5 Å². The van der Waals surface area contributed by atoms with Crippen molar-refractivity contribution in [3.8, 4) is 11.5 Å². The number of non-ortho nitro benzene ring substituents is 1. The van der Waals surface area contributed by atoms with E-state index in [0.29, 0.717) is 6.42 Å². The molecule has 9 heteroatoms. The van der Waals surface area contributed by atoms with Gasteiger partial charge in [-0.05, 0) is 44.0 Å². The summed E-state index contributed by atoms with van der Waals surface area (Å²) in [5.74, 6) is -0.261. The summed E-state index contributed by atoms with van der Waals surface area (Å²) in [6, 6.07) is 11.6. The molecule has 9 nitrogen and oxygen atoms in total. The van der Waals surface area contributed by atoms with Crippen LogP contribution in [0.4, 0.5) is 5.69 Å². The van der Waals surface area contributed by atoms with Crippen LogP contribution in [0, 0.1) is 24.0 Å². The van der Waals surface area contributed by atoms with E-state index in [4.69, 9.17) is 14.5 Å². The first-order valence-corrected chi connectivity index (χ1v) is 9.65. The van der Waals surface area contributed by atoms with Gasteiger partial charge < -0.3 is 9.47 Å². The highest BCUT2D eigenvalue weighted by molar-refractivity contribution is 5.92. The number of aryl methyl sites for hydroxylation is 2. The Bertz CT molecular complexity index is 1330. The van der Waals surface area contributed by atoms with E-state index in [1.165, 1.54) is 25.3 Å². The van der Waals surface area contributed by atoms with Gasteiger partial charge in [0.25, 0.3) is 5.69 Å². The molecule has 0 atom stereocenters. The number of nitro benzene ring substituents is 1. The highest BCUT2D eigenvalue weighted by atomic mass is 16.6. The average Bonchev–Trinajstić information content (AvgIpc) is 3.12. The lowest BCUT2D eigenvalue weighted by atomic mass is 10.1. The molecule has 0 aliphatic carbocycles. The van der Waals surface area contributed by atoms with Crippen molar-refractivity contribution in [2.75, 3.05) is 7.11 Å². The molecule has 4 rings (SSSR count). The topological polar surface area (TPSA) is 109 Å². The molecule has 0 aliphatic rings. The normalized spacial score (nSPS) is 11.1.